The third-order valence-electron chi connectivity index (χ3n) is 1.77. The lowest BCUT2D eigenvalue weighted by atomic mass is 10.1. The van der Waals surface area contributed by atoms with Gasteiger partial charge in [0.25, 0.3) is 0 Å². The van der Waals surface area contributed by atoms with Crippen molar-refractivity contribution in [3.8, 4) is 5.88 Å². The maximum atomic E-state index is 10.9. The minimum atomic E-state index is -0.585. The Kier molecular flexibility index (Phi) is 2.97. The summed E-state index contributed by atoms with van der Waals surface area (Å²) < 4.78 is 4.87. The fourth-order valence-electron chi connectivity index (χ4n) is 0.931. The van der Waals surface area contributed by atoms with Crippen LogP contribution in [0.25, 0.3) is 0 Å². The van der Waals surface area contributed by atoms with E-state index in [4.69, 9.17) is 10.5 Å². The molecule has 0 radical (unpaired) electrons. The molecule has 2 N–H and O–H groups in total. The summed E-state index contributed by atoms with van der Waals surface area (Å²) in [6, 6.07) is 2.83. The third kappa shape index (κ3) is 2.26. The molecule has 0 saturated carbocycles. The number of hydrogen-bond acceptors (Lipinski definition) is 4. The highest BCUT2D eigenvalue weighted by molar-refractivity contribution is 5.82. The number of carbonyl (C=O) groups excluding carboxylic acids is 1. The third-order valence-corrected chi connectivity index (χ3v) is 1.77. The topological polar surface area (TPSA) is 65.2 Å². The minimum absolute atomic E-state index is 0.0769. The van der Waals surface area contributed by atoms with Gasteiger partial charge in [-0.3, -0.25) is 4.79 Å². The lowest BCUT2D eigenvalue weighted by Gasteiger charge is -2.07. The molecule has 4 heteroatoms. The van der Waals surface area contributed by atoms with Crippen molar-refractivity contribution < 1.29 is 9.53 Å². The van der Waals surface area contributed by atoms with Crippen molar-refractivity contribution in [2.75, 3.05) is 7.11 Å². The van der Waals surface area contributed by atoms with Crippen molar-refractivity contribution in [2.45, 2.75) is 13.0 Å². The summed E-state index contributed by atoms with van der Waals surface area (Å²) in [4.78, 5) is 14.9. The second-order valence-corrected chi connectivity index (χ2v) is 2.72. The van der Waals surface area contributed by atoms with Gasteiger partial charge in [-0.25, -0.2) is 4.98 Å². The molecular weight excluding hydrogens is 168 g/mol. The van der Waals surface area contributed by atoms with Gasteiger partial charge in [-0.2, -0.15) is 0 Å². The lowest BCUT2D eigenvalue weighted by molar-refractivity contribution is -0.118. The molecule has 4 nitrogen and oxygen atoms in total. The molecule has 0 aliphatic heterocycles. The molecule has 1 heterocycles. The summed E-state index contributed by atoms with van der Waals surface area (Å²) in [6.45, 7) is 1.45. The van der Waals surface area contributed by atoms with Gasteiger partial charge in [0.15, 0.2) is 5.78 Å². The van der Waals surface area contributed by atoms with Crippen LogP contribution >= 0.6 is 0 Å². The molecule has 13 heavy (non-hydrogen) atoms. The Labute approximate surface area is 76.7 Å². The zero-order chi connectivity index (χ0) is 9.84. The Morgan fingerprint density at radius 3 is 2.69 bits per heavy atom. The van der Waals surface area contributed by atoms with Crippen LogP contribution in [0.5, 0.6) is 5.88 Å². The van der Waals surface area contributed by atoms with Crippen LogP contribution in [0.15, 0.2) is 18.3 Å². The first kappa shape index (κ1) is 9.67. The number of hydrogen-bond donors (Lipinski definition) is 1. The molecule has 1 rings (SSSR count). The van der Waals surface area contributed by atoms with Crippen LogP contribution in [0.1, 0.15) is 18.5 Å². The van der Waals surface area contributed by atoms with Crippen LogP contribution in [0, 0.1) is 0 Å². The van der Waals surface area contributed by atoms with Gasteiger partial charge in [0.05, 0.1) is 13.2 Å². The number of Topliss-reactive ketones (excluding diaryl/α,β-unsaturated/α-hetero) is 1. The van der Waals surface area contributed by atoms with Gasteiger partial charge in [0, 0.05) is 12.3 Å². The molecule has 1 aromatic rings. The zero-order valence-electron chi connectivity index (χ0n) is 7.65. The highest BCUT2D eigenvalue weighted by Gasteiger charge is 2.10. The van der Waals surface area contributed by atoms with Gasteiger partial charge in [0.2, 0.25) is 5.88 Å². The molecule has 0 aromatic carbocycles. The predicted octanol–water partition coefficient (Wildman–Crippen LogP) is 0.679. The Balaban J connectivity index is 2.85. The summed E-state index contributed by atoms with van der Waals surface area (Å²) in [7, 11) is 1.53. The van der Waals surface area contributed by atoms with E-state index in [2.05, 4.69) is 4.98 Å². The average molecular weight is 180 g/mol. The highest BCUT2D eigenvalue weighted by atomic mass is 16.5. The van der Waals surface area contributed by atoms with Crippen molar-refractivity contribution in [1.29, 1.82) is 0 Å². The summed E-state index contributed by atoms with van der Waals surface area (Å²) in [5.74, 6) is 0.437. The van der Waals surface area contributed by atoms with Gasteiger partial charge in [0.1, 0.15) is 0 Å². The fraction of sp³-hybridized carbons (Fsp3) is 0.333. The van der Waals surface area contributed by atoms with E-state index in [0.29, 0.717) is 11.4 Å². The lowest BCUT2D eigenvalue weighted by Crippen LogP contribution is -2.18. The maximum Gasteiger partial charge on any atom is 0.212 e. The Morgan fingerprint density at radius 1 is 1.62 bits per heavy atom. The van der Waals surface area contributed by atoms with E-state index in [0.717, 1.165) is 0 Å². The first-order valence-electron chi connectivity index (χ1n) is 3.91. The number of aromatic nitrogens is 1. The normalized spacial score (nSPS) is 12.2. The van der Waals surface area contributed by atoms with E-state index in [1.54, 1.807) is 18.3 Å². The number of nitrogens with zero attached hydrogens (tertiary/aromatic N) is 1. The second-order valence-electron chi connectivity index (χ2n) is 2.72. The van der Waals surface area contributed by atoms with Crippen molar-refractivity contribution in [3.63, 3.8) is 0 Å². The van der Waals surface area contributed by atoms with Gasteiger partial charge < -0.3 is 10.5 Å². The largest absolute Gasteiger partial charge is 0.481 e. The standard InChI is InChI=1S/C9H12N2O2/c1-6(12)9(10)7-3-4-8(13-2)11-5-7/h3-5,9H,10H2,1-2H3. The number of pyridine rings is 1. The summed E-state index contributed by atoms with van der Waals surface area (Å²) in [6.07, 6.45) is 1.55. The Morgan fingerprint density at radius 2 is 2.31 bits per heavy atom. The fourth-order valence-corrected chi connectivity index (χ4v) is 0.931. The van der Waals surface area contributed by atoms with E-state index in [1.807, 2.05) is 0 Å². The number of ketones is 1. The van der Waals surface area contributed by atoms with E-state index < -0.39 is 6.04 Å². The van der Waals surface area contributed by atoms with Crippen molar-refractivity contribution in [2.24, 2.45) is 5.73 Å². The van der Waals surface area contributed by atoms with E-state index in [-0.39, 0.29) is 5.78 Å². The van der Waals surface area contributed by atoms with Gasteiger partial charge in [-0.1, -0.05) is 6.07 Å². The van der Waals surface area contributed by atoms with Crippen LogP contribution in [-0.2, 0) is 4.79 Å². The molecule has 0 spiro atoms. The number of nitrogens with two attached hydrogens (primary N) is 1. The quantitative estimate of drug-likeness (QED) is 0.742. The monoisotopic (exact) mass is 180 g/mol. The SMILES string of the molecule is COc1ccc(C(N)C(C)=O)cn1. The van der Waals surface area contributed by atoms with Crippen LogP contribution in [0.4, 0.5) is 0 Å². The number of rotatable bonds is 3. The van der Waals surface area contributed by atoms with Crippen LogP contribution < -0.4 is 10.5 Å². The number of ether oxygens (including phenoxy) is 1. The molecule has 70 valence electrons. The molecule has 0 amide bonds. The molecule has 1 unspecified atom stereocenters. The molecular formula is C9H12N2O2. The highest BCUT2D eigenvalue weighted by Crippen LogP contribution is 2.12. The van der Waals surface area contributed by atoms with Crippen LogP contribution in [-0.4, -0.2) is 17.9 Å². The zero-order valence-corrected chi connectivity index (χ0v) is 7.65. The first-order chi connectivity index (χ1) is 6.15. The minimum Gasteiger partial charge on any atom is -0.481 e. The molecule has 1 atom stereocenters. The predicted molar refractivity (Wildman–Crippen MR) is 48.4 cm³/mol. The van der Waals surface area contributed by atoms with Gasteiger partial charge >= 0.3 is 0 Å². The van der Waals surface area contributed by atoms with Gasteiger partial charge in [-0.05, 0) is 12.5 Å². The molecule has 0 aliphatic carbocycles. The van der Waals surface area contributed by atoms with Crippen molar-refractivity contribution in [3.05, 3.63) is 23.9 Å². The summed E-state index contributed by atoms with van der Waals surface area (Å²) in [5, 5.41) is 0. The number of carbonyl (C=O) groups is 1. The van der Waals surface area contributed by atoms with E-state index in [1.165, 1.54) is 14.0 Å². The Hall–Kier alpha value is -1.42. The average Bonchev–Trinajstić information content (AvgIpc) is 2.17. The van der Waals surface area contributed by atoms with Crippen LogP contribution in [0.2, 0.25) is 0 Å². The molecule has 0 fully saturated rings. The van der Waals surface area contributed by atoms with Crippen molar-refractivity contribution in [1.82, 2.24) is 4.98 Å². The van der Waals surface area contributed by atoms with Gasteiger partial charge in [-0.15, -0.1) is 0 Å². The maximum absolute atomic E-state index is 10.9. The van der Waals surface area contributed by atoms with Crippen molar-refractivity contribution >= 4 is 5.78 Å². The Bertz CT molecular complexity index is 295. The molecule has 1 aromatic heterocycles. The van der Waals surface area contributed by atoms with E-state index in [9.17, 15) is 4.79 Å². The second kappa shape index (κ2) is 4.00. The van der Waals surface area contributed by atoms with E-state index >= 15 is 0 Å². The number of methoxy groups -OCH3 is 1. The smallest absolute Gasteiger partial charge is 0.212 e. The first-order valence-corrected chi connectivity index (χ1v) is 3.91. The molecule has 0 aliphatic rings. The van der Waals surface area contributed by atoms with Crippen LogP contribution in [0.3, 0.4) is 0 Å². The summed E-state index contributed by atoms with van der Waals surface area (Å²) in [5.41, 5.74) is 6.30. The molecule has 0 bridgehead atoms. The summed E-state index contributed by atoms with van der Waals surface area (Å²) >= 11 is 0. The molecule has 0 saturated heterocycles.